The van der Waals surface area contributed by atoms with Crippen molar-refractivity contribution in [3.8, 4) is 5.82 Å². The Morgan fingerprint density at radius 1 is 1.32 bits per heavy atom. The Balaban J connectivity index is 1.55. The first-order valence-corrected chi connectivity index (χ1v) is 10.3. The summed E-state index contributed by atoms with van der Waals surface area (Å²) in [4.78, 5) is 22.1. The van der Waals surface area contributed by atoms with E-state index in [1.54, 1.807) is 0 Å². The molecule has 5 nitrogen and oxygen atoms in total. The number of rotatable bonds is 3. The Morgan fingerprint density at radius 2 is 2.14 bits per heavy atom. The van der Waals surface area contributed by atoms with Gasteiger partial charge >= 0.3 is 0 Å². The minimum Gasteiger partial charge on any atom is -0.355 e. The fourth-order valence-electron chi connectivity index (χ4n) is 5.16. The molecular formula is C22H27FN4O. The van der Waals surface area contributed by atoms with Gasteiger partial charge in [-0.1, -0.05) is 13.8 Å². The third-order valence-electron chi connectivity index (χ3n) is 6.56. The molecule has 148 valence electrons. The van der Waals surface area contributed by atoms with E-state index in [2.05, 4.69) is 52.7 Å². The molecule has 0 unspecified atom stereocenters. The van der Waals surface area contributed by atoms with Gasteiger partial charge in [-0.15, -0.1) is 0 Å². The molecule has 2 aromatic heterocycles. The Bertz CT molecular complexity index is 903. The quantitative estimate of drug-likeness (QED) is 0.816. The van der Waals surface area contributed by atoms with Gasteiger partial charge in [0.1, 0.15) is 11.7 Å². The van der Waals surface area contributed by atoms with Crippen LogP contribution in [0.5, 0.6) is 0 Å². The van der Waals surface area contributed by atoms with Crippen molar-refractivity contribution in [2.45, 2.75) is 44.8 Å². The number of likely N-dealkylation sites (tertiary alicyclic amines) is 1. The highest BCUT2D eigenvalue weighted by atomic mass is 19.1. The van der Waals surface area contributed by atoms with Crippen molar-refractivity contribution in [3.05, 3.63) is 42.4 Å². The van der Waals surface area contributed by atoms with Crippen LogP contribution >= 0.6 is 0 Å². The molecular weight excluding hydrogens is 355 g/mol. The highest BCUT2D eigenvalue weighted by molar-refractivity contribution is 5.81. The molecule has 1 aliphatic carbocycles. The standard InChI is InChI=1S/C22H27FN4O/c1-15(2)13-27-18-5-3-8-24-20(18)26-9-4-6-19(26)22(27)7-10-25(14-22)21(28)16-11-17(23)12-16/h3-6,8-9,15-17H,7,10-14H2,1-2H3/t16?,17?,22-/m0/s1. The number of pyridine rings is 1. The molecule has 0 N–H and O–H groups in total. The monoisotopic (exact) mass is 382 g/mol. The fraction of sp³-hybridized carbons (Fsp3) is 0.545. The predicted octanol–water partition coefficient (Wildman–Crippen LogP) is 3.52. The summed E-state index contributed by atoms with van der Waals surface area (Å²) in [5.74, 6) is 1.44. The summed E-state index contributed by atoms with van der Waals surface area (Å²) in [5.41, 5.74) is 2.08. The molecule has 28 heavy (non-hydrogen) atoms. The van der Waals surface area contributed by atoms with Crippen LogP contribution in [-0.4, -0.2) is 46.2 Å². The smallest absolute Gasteiger partial charge is 0.225 e. The second-order valence-corrected chi connectivity index (χ2v) is 8.92. The molecule has 0 bridgehead atoms. The molecule has 1 saturated carbocycles. The topological polar surface area (TPSA) is 41.4 Å². The van der Waals surface area contributed by atoms with Gasteiger partial charge in [0.15, 0.2) is 5.82 Å². The van der Waals surface area contributed by atoms with E-state index in [1.807, 2.05) is 17.2 Å². The summed E-state index contributed by atoms with van der Waals surface area (Å²) >= 11 is 0. The molecule has 2 aliphatic heterocycles. The van der Waals surface area contributed by atoms with Crippen LogP contribution in [0.15, 0.2) is 36.7 Å². The third-order valence-corrected chi connectivity index (χ3v) is 6.56. The number of hydrogen-bond donors (Lipinski definition) is 0. The Kier molecular flexibility index (Phi) is 4.00. The number of carbonyl (C=O) groups excluding carboxylic acids is 1. The number of nitrogens with zero attached hydrogens (tertiary/aromatic N) is 4. The van der Waals surface area contributed by atoms with Gasteiger partial charge in [0.25, 0.3) is 0 Å². The maximum atomic E-state index is 13.3. The lowest BCUT2D eigenvalue weighted by molar-refractivity contribution is -0.139. The van der Waals surface area contributed by atoms with Gasteiger partial charge in [-0.25, -0.2) is 9.37 Å². The minimum absolute atomic E-state index is 0.130. The molecule has 0 radical (unpaired) electrons. The Morgan fingerprint density at radius 3 is 2.89 bits per heavy atom. The van der Waals surface area contributed by atoms with E-state index in [-0.39, 0.29) is 17.4 Å². The fourth-order valence-corrected chi connectivity index (χ4v) is 5.16. The number of alkyl halides is 1. The zero-order chi connectivity index (χ0) is 19.5. The summed E-state index contributed by atoms with van der Waals surface area (Å²) in [6, 6.07) is 8.36. The van der Waals surface area contributed by atoms with Crippen molar-refractivity contribution >= 4 is 11.6 Å². The molecule has 4 heterocycles. The van der Waals surface area contributed by atoms with E-state index >= 15 is 0 Å². The zero-order valence-electron chi connectivity index (χ0n) is 16.5. The van der Waals surface area contributed by atoms with Crippen LogP contribution in [0.4, 0.5) is 10.1 Å². The highest BCUT2D eigenvalue weighted by Crippen LogP contribution is 2.48. The zero-order valence-corrected chi connectivity index (χ0v) is 16.5. The van der Waals surface area contributed by atoms with Crippen LogP contribution in [0.25, 0.3) is 5.82 Å². The number of fused-ring (bicyclic) bond motifs is 4. The van der Waals surface area contributed by atoms with Crippen molar-refractivity contribution in [1.29, 1.82) is 0 Å². The lowest BCUT2D eigenvalue weighted by atomic mass is 9.82. The number of aromatic nitrogens is 2. The average Bonchev–Trinajstić information content (AvgIpc) is 3.30. The van der Waals surface area contributed by atoms with E-state index in [4.69, 9.17) is 0 Å². The van der Waals surface area contributed by atoms with E-state index < -0.39 is 6.17 Å². The van der Waals surface area contributed by atoms with Crippen LogP contribution in [0.2, 0.25) is 0 Å². The Hall–Kier alpha value is -2.37. The molecule has 0 aromatic carbocycles. The highest BCUT2D eigenvalue weighted by Gasteiger charge is 2.52. The van der Waals surface area contributed by atoms with Crippen LogP contribution in [0.1, 0.15) is 38.8 Å². The molecule has 1 spiro atoms. The predicted molar refractivity (Wildman–Crippen MR) is 106 cm³/mol. The number of amides is 1. The largest absolute Gasteiger partial charge is 0.355 e. The lowest BCUT2D eigenvalue weighted by Crippen LogP contribution is -2.54. The maximum absolute atomic E-state index is 13.3. The van der Waals surface area contributed by atoms with Crippen molar-refractivity contribution in [1.82, 2.24) is 14.5 Å². The molecule has 2 fully saturated rings. The molecule has 6 heteroatoms. The SMILES string of the molecule is CC(C)CN1c2cccnc2-n2cccc2[C@@]12CCN(C(=O)C1CC(F)C1)C2. The summed E-state index contributed by atoms with van der Waals surface area (Å²) in [6.45, 7) is 6.74. The summed E-state index contributed by atoms with van der Waals surface area (Å²) < 4.78 is 15.5. The van der Waals surface area contributed by atoms with E-state index in [0.29, 0.717) is 25.3 Å². The number of carbonyl (C=O) groups is 1. The van der Waals surface area contributed by atoms with Gasteiger partial charge in [-0.05, 0) is 49.4 Å². The van der Waals surface area contributed by atoms with Crippen molar-refractivity contribution < 1.29 is 9.18 Å². The maximum Gasteiger partial charge on any atom is 0.225 e. The van der Waals surface area contributed by atoms with Crippen LogP contribution < -0.4 is 4.90 Å². The molecule has 1 amide bonds. The van der Waals surface area contributed by atoms with Gasteiger partial charge < -0.3 is 14.4 Å². The Labute approximate surface area is 165 Å². The molecule has 3 aliphatic rings. The second-order valence-electron chi connectivity index (χ2n) is 8.92. The average molecular weight is 382 g/mol. The molecule has 5 rings (SSSR count). The third kappa shape index (κ3) is 2.50. The van der Waals surface area contributed by atoms with Crippen molar-refractivity contribution in [2.75, 3.05) is 24.5 Å². The number of hydrogen-bond acceptors (Lipinski definition) is 3. The summed E-state index contributed by atoms with van der Waals surface area (Å²) in [7, 11) is 0. The van der Waals surface area contributed by atoms with Gasteiger partial charge in [0, 0.05) is 37.9 Å². The lowest BCUT2D eigenvalue weighted by Gasteiger charge is -2.48. The van der Waals surface area contributed by atoms with Gasteiger partial charge in [-0.2, -0.15) is 0 Å². The molecule has 1 atom stereocenters. The van der Waals surface area contributed by atoms with Gasteiger partial charge in [0.05, 0.1) is 11.4 Å². The first-order valence-electron chi connectivity index (χ1n) is 10.3. The van der Waals surface area contributed by atoms with Gasteiger partial charge in [0.2, 0.25) is 5.91 Å². The molecule has 2 aromatic rings. The normalized spacial score (nSPS) is 28.4. The first kappa shape index (κ1) is 17.7. The van der Waals surface area contributed by atoms with Crippen LogP contribution in [-0.2, 0) is 10.3 Å². The van der Waals surface area contributed by atoms with E-state index in [9.17, 15) is 9.18 Å². The van der Waals surface area contributed by atoms with Crippen molar-refractivity contribution in [3.63, 3.8) is 0 Å². The van der Waals surface area contributed by atoms with E-state index in [0.717, 1.165) is 31.0 Å². The van der Waals surface area contributed by atoms with Gasteiger partial charge in [-0.3, -0.25) is 4.79 Å². The number of halogens is 1. The number of anilines is 1. The van der Waals surface area contributed by atoms with Crippen molar-refractivity contribution in [2.24, 2.45) is 11.8 Å². The van der Waals surface area contributed by atoms with Crippen LogP contribution in [0.3, 0.4) is 0 Å². The van der Waals surface area contributed by atoms with E-state index in [1.165, 1.54) is 5.69 Å². The summed E-state index contributed by atoms with van der Waals surface area (Å²) in [5, 5.41) is 0. The summed E-state index contributed by atoms with van der Waals surface area (Å²) in [6.07, 6.45) is 4.77. The minimum atomic E-state index is -0.798. The van der Waals surface area contributed by atoms with Crippen LogP contribution in [0, 0.1) is 11.8 Å². The molecule has 1 saturated heterocycles. The second kappa shape index (κ2) is 6.33. The first-order chi connectivity index (χ1) is 13.5.